The molecule has 25 heavy (non-hydrogen) atoms. The van der Waals surface area contributed by atoms with Gasteiger partial charge in [0.1, 0.15) is 12.7 Å². The van der Waals surface area contributed by atoms with Crippen LogP contribution in [0.5, 0.6) is 0 Å². The molecule has 1 aliphatic rings. The highest BCUT2D eigenvalue weighted by atomic mass is 35.5. The first-order valence-electron chi connectivity index (χ1n) is 8.20. The lowest BCUT2D eigenvalue weighted by Crippen LogP contribution is -2.31. The number of nitrogens with zero attached hydrogens (tertiary/aromatic N) is 3. The third-order valence-corrected chi connectivity index (χ3v) is 5.79. The normalized spacial score (nSPS) is 16.4. The maximum Gasteiger partial charge on any atom is 0.252 e. The van der Waals surface area contributed by atoms with Crippen LogP contribution in [0.3, 0.4) is 0 Å². The predicted octanol–water partition coefficient (Wildman–Crippen LogP) is 3.85. The van der Waals surface area contributed by atoms with Crippen LogP contribution in [0.15, 0.2) is 43.0 Å². The summed E-state index contributed by atoms with van der Waals surface area (Å²) in [4.78, 5) is 18.1. The number of amides is 1. The Bertz CT molecular complexity index is 890. The molecule has 1 N–H and O–H groups in total. The highest BCUT2D eigenvalue weighted by molar-refractivity contribution is 7.16. The van der Waals surface area contributed by atoms with Crippen LogP contribution < -0.4 is 5.32 Å². The lowest BCUT2D eigenvalue weighted by Gasteiger charge is -2.24. The van der Waals surface area contributed by atoms with Crippen LogP contribution in [0, 0.1) is 0 Å². The lowest BCUT2D eigenvalue weighted by molar-refractivity contribution is 0.0932. The number of nitrogens with one attached hydrogen (secondary N) is 1. The van der Waals surface area contributed by atoms with Crippen molar-refractivity contribution in [2.75, 3.05) is 0 Å². The van der Waals surface area contributed by atoms with Crippen LogP contribution in [0.25, 0.3) is 0 Å². The first-order valence-corrected chi connectivity index (χ1v) is 9.39. The van der Waals surface area contributed by atoms with E-state index in [1.807, 2.05) is 30.3 Å². The summed E-state index contributed by atoms with van der Waals surface area (Å²) in [6, 6.07) is 9.64. The minimum Gasteiger partial charge on any atom is -0.345 e. The number of fused-ring (bicyclic) bond motifs is 1. The molecule has 2 heterocycles. The second-order valence-corrected chi connectivity index (χ2v) is 7.87. The zero-order valence-electron chi connectivity index (χ0n) is 13.5. The summed E-state index contributed by atoms with van der Waals surface area (Å²) in [6.07, 6.45) is 6.19. The Labute approximate surface area is 154 Å². The molecule has 7 heteroatoms. The number of carbonyl (C=O) groups is 1. The molecule has 1 aromatic carbocycles. The van der Waals surface area contributed by atoms with Crippen molar-refractivity contribution < 1.29 is 4.79 Å². The molecule has 1 unspecified atom stereocenters. The number of halogens is 1. The van der Waals surface area contributed by atoms with Crippen LogP contribution in [0.2, 0.25) is 4.34 Å². The van der Waals surface area contributed by atoms with Crippen molar-refractivity contribution in [2.45, 2.75) is 31.8 Å². The number of benzene rings is 1. The number of aryl methyl sites for hydroxylation is 1. The van der Waals surface area contributed by atoms with Gasteiger partial charge in [-0.05, 0) is 42.5 Å². The Morgan fingerprint density at radius 2 is 2.28 bits per heavy atom. The molecule has 5 nitrogen and oxygen atoms in total. The minimum absolute atomic E-state index is 0.0272. The van der Waals surface area contributed by atoms with Crippen LogP contribution in [0.1, 0.15) is 45.2 Å². The number of hydrogen-bond acceptors (Lipinski definition) is 4. The van der Waals surface area contributed by atoms with Crippen LogP contribution in [0.4, 0.5) is 0 Å². The quantitative estimate of drug-likeness (QED) is 0.756. The maximum absolute atomic E-state index is 12.9. The van der Waals surface area contributed by atoms with Crippen LogP contribution in [-0.4, -0.2) is 20.7 Å². The Morgan fingerprint density at radius 3 is 3.12 bits per heavy atom. The molecule has 128 valence electrons. The number of carbonyl (C=O) groups excluding carboxylic acids is 1. The number of thiophene rings is 1. The average molecular weight is 373 g/mol. The van der Waals surface area contributed by atoms with Gasteiger partial charge in [-0.3, -0.25) is 4.79 Å². The highest BCUT2D eigenvalue weighted by Crippen LogP contribution is 2.37. The smallest absolute Gasteiger partial charge is 0.252 e. The van der Waals surface area contributed by atoms with E-state index in [1.54, 1.807) is 22.3 Å². The van der Waals surface area contributed by atoms with E-state index >= 15 is 0 Å². The van der Waals surface area contributed by atoms with E-state index in [1.165, 1.54) is 16.8 Å². The van der Waals surface area contributed by atoms with Crippen molar-refractivity contribution in [1.29, 1.82) is 0 Å². The van der Waals surface area contributed by atoms with Gasteiger partial charge in [-0.2, -0.15) is 5.10 Å². The van der Waals surface area contributed by atoms with Crippen molar-refractivity contribution in [3.05, 3.63) is 68.9 Å². The molecule has 1 atom stereocenters. The largest absolute Gasteiger partial charge is 0.345 e. The number of rotatable bonds is 4. The van der Waals surface area contributed by atoms with Crippen molar-refractivity contribution in [1.82, 2.24) is 20.1 Å². The third-order valence-electron chi connectivity index (χ3n) is 4.45. The van der Waals surface area contributed by atoms with Gasteiger partial charge in [0.2, 0.25) is 0 Å². The zero-order valence-corrected chi connectivity index (χ0v) is 15.1. The second kappa shape index (κ2) is 6.98. The molecule has 0 fully saturated rings. The van der Waals surface area contributed by atoms with Gasteiger partial charge >= 0.3 is 0 Å². The Balaban J connectivity index is 1.56. The van der Waals surface area contributed by atoms with Gasteiger partial charge in [0.25, 0.3) is 5.91 Å². The van der Waals surface area contributed by atoms with E-state index in [9.17, 15) is 4.79 Å². The van der Waals surface area contributed by atoms with Gasteiger partial charge in [-0.15, -0.1) is 11.3 Å². The van der Waals surface area contributed by atoms with Gasteiger partial charge in [0, 0.05) is 10.4 Å². The molecule has 0 aliphatic heterocycles. The lowest BCUT2D eigenvalue weighted by atomic mass is 9.93. The third kappa shape index (κ3) is 3.45. The highest BCUT2D eigenvalue weighted by Gasteiger charge is 2.25. The summed E-state index contributed by atoms with van der Waals surface area (Å²) < 4.78 is 2.50. The molecule has 0 saturated carbocycles. The zero-order chi connectivity index (χ0) is 17.2. The van der Waals surface area contributed by atoms with E-state index in [0.717, 1.165) is 29.2 Å². The monoisotopic (exact) mass is 372 g/mol. The molecule has 0 bridgehead atoms. The second-order valence-electron chi connectivity index (χ2n) is 6.10. The first-order chi connectivity index (χ1) is 12.2. The van der Waals surface area contributed by atoms with E-state index in [-0.39, 0.29) is 11.9 Å². The topological polar surface area (TPSA) is 59.8 Å². The molecule has 1 amide bonds. The fourth-order valence-corrected chi connectivity index (χ4v) is 4.66. The fourth-order valence-electron chi connectivity index (χ4n) is 3.28. The first kappa shape index (κ1) is 16.3. The van der Waals surface area contributed by atoms with E-state index in [4.69, 9.17) is 11.6 Å². The van der Waals surface area contributed by atoms with Crippen molar-refractivity contribution >= 4 is 28.8 Å². The molecule has 3 aromatic rings. The summed E-state index contributed by atoms with van der Waals surface area (Å²) in [5.41, 5.74) is 2.76. The van der Waals surface area contributed by atoms with Gasteiger partial charge in [0.05, 0.1) is 16.9 Å². The average Bonchev–Trinajstić information content (AvgIpc) is 3.24. The van der Waals surface area contributed by atoms with E-state index in [0.29, 0.717) is 12.1 Å². The predicted molar refractivity (Wildman–Crippen MR) is 98.0 cm³/mol. The molecule has 0 radical (unpaired) electrons. The minimum atomic E-state index is -0.0594. The van der Waals surface area contributed by atoms with Gasteiger partial charge in [-0.1, -0.05) is 29.8 Å². The molecule has 2 aromatic heterocycles. The molecular weight excluding hydrogens is 356 g/mol. The SMILES string of the molecule is O=C(NC1CCCc2sc(Cl)cc21)c1ccccc1Cn1cncn1. The van der Waals surface area contributed by atoms with Crippen molar-refractivity contribution in [3.63, 3.8) is 0 Å². The summed E-state index contributed by atoms with van der Waals surface area (Å²) in [5.74, 6) is -0.0594. The summed E-state index contributed by atoms with van der Waals surface area (Å²) in [6.45, 7) is 0.518. The molecule has 1 aliphatic carbocycles. The Morgan fingerprint density at radius 1 is 1.40 bits per heavy atom. The summed E-state index contributed by atoms with van der Waals surface area (Å²) in [7, 11) is 0. The summed E-state index contributed by atoms with van der Waals surface area (Å²) >= 11 is 7.78. The maximum atomic E-state index is 12.9. The molecule has 0 saturated heterocycles. The fraction of sp³-hybridized carbons (Fsp3) is 0.278. The van der Waals surface area contributed by atoms with E-state index < -0.39 is 0 Å². The molecule has 4 rings (SSSR count). The van der Waals surface area contributed by atoms with Crippen molar-refractivity contribution in [3.8, 4) is 0 Å². The standard InChI is InChI=1S/C18H17ClN4OS/c19-17-8-14-15(6-3-7-16(14)25-17)22-18(24)13-5-2-1-4-12(13)9-23-11-20-10-21-23/h1-2,4-5,8,10-11,15H,3,6-7,9H2,(H,22,24). The molecular formula is C18H17ClN4OS. The van der Waals surface area contributed by atoms with Gasteiger partial charge < -0.3 is 5.32 Å². The van der Waals surface area contributed by atoms with Gasteiger partial charge in [0.15, 0.2) is 0 Å². The van der Waals surface area contributed by atoms with E-state index in [2.05, 4.69) is 15.4 Å². The Kier molecular flexibility index (Phi) is 4.55. The van der Waals surface area contributed by atoms with Crippen LogP contribution >= 0.6 is 22.9 Å². The van der Waals surface area contributed by atoms with Gasteiger partial charge in [-0.25, -0.2) is 9.67 Å². The number of aromatic nitrogens is 3. The Hall–Kier alpha value is -2.18. The van der Waals surface area contributed by atoms with Crippen molar-refractivity contribution in [2.24, 2.45) is 0 Å². The molecule has 0 spiro atoms. The number of hydrogen-bond donors (Lipinski definition) is 1. The summed E-state index contributed by atoms with van der Waals surface area (Å²) in [5, 5.41) is 7.31. The van der Waals surface area contributed by atoms with Crippen LogP contribution in [-0.2, 0) is 13.0 Å².